The number of thiazole rings is 1. The molecule has 0 amide bonds. The number of pyridine rings is 1. The molecule has 2 N–H and O–H groups in total. The zero-order chi connectivity index (χ0) is 13.1. The monoisotopic (exact) mass is 267 g/mol. The van der Waals surface area contributed by atoms with Crippen LogP contribution in [0.2, 0.25) is 0 Å². The predicted molar refractivity (Wildman–Crippen MR) is 77.8 cm³/mol. The molecule has 1 atom stereocenters. The third-order valence-corrected chi connectivity index (χ3v) is 3.80. The Bertz CT molecular complexity index is 649. The number of rotatable bonds is 3. The largest absolute Gasteiger partial charge is 0.318 e. The fraction of sp³-hybridized carbons (Fsp3) is 0.0667. The lowest BCUT2D eigenvalue weighted by Crippen LogP contribution is -2.11. The summed E-state index contributed by atoms with van der Waals surface area (Å²) < 4.78 is 0. The van der Waals surface area contributed by atoms with Gasteiger partial charge in [-0.15, -0.1) is 11.3 Å². The van der Waals surface area contributed by atoms with Gasteiger partial charge in [-0.05, 0) is 17.7 Å². The number of aromatic nitrogens is 2. The molecule has 0 aliphatic rings. The molecular formula is C15H13N3S. The summed E-state index contributed by atoms with van der Waals surface area (Å²) in [5, 5.41) is 2.91. The minimum absolute atomic E-state index is 0.177. The summed E-state index contributed by atoms with van der Waals surface area (Å²) in [4.78, 5) is 8.89. The van der Waals surface area contributed by atoms with Crippen LogP contribution in [-0.4, -0.2) is 9.97 Å². The van der Waals surface area contributed by atoms with Crippen LogP contribution in [0.1, 0.15) is 16.6 Å². The molecule has 0 aliphatic carbocycles. The second-order valence-electron chi connectivity index (χ2n) is 4.17. The third-order valence-electron chi connectivity index (χ3n) is 2.87. The van der Waals surface area contributed by atoms with Gasteiger partial charge < -0.3 is 5.73 Å². The van der Waals surface area contributed by atoms with Gasteiger partial charge in [-0.25, -0.2) is 4.98 Å². The summed E-state index contributed by atoms with van der Waals surface area (Å²) in [6.45, 7) is 0. The first-order valence-corrected chi connectivity index (χ1v) is 6.90. The van der Waals surface area contributed by atoms with Gasteiger partial charge in [-0.1, -0.05) is 36.4 Å². The Labute approximate surface area is 115 Å². The van der Waals surface area contributed by atoms with Crippen molar-refractivity contribution in [3.63, 3.8) is 0 Å². The van der Waals surface area contributed by atoms with E-state index in [1.807, 2.05) is 53.9 Å². The quantitative estimate of drug-likeness (QED) is 0.792. The molecular weight excluding hydrogens is 254 g/mol. The van der Waals surface area contributed by atoms with E-state index in [4.69, 9.17) is 5.73 Å². The van der Waals surface area contributed by atoms with Crippen LogP contribution in [0.15, 0.2) is 60.1 Å². The van der Waals surface area contributed by atoms with Crippen molar-refractivity contribution in [2.24, 2.45) is 5.73 Å². The molecule has 3 rings (SSSR count). The van der Waals surface area contributed by atoms with Crippen LogP contribution in [0.3, 0.4) is 0 Å². The molecule has 2 aromatic heterocycles. The maximum Gasteiger partial charge on any atom is 0.115 e. The van der Waals surface area contributed by atoms with E-state index in [0.29, 0.717) is 0 Å². The fourth-order valence-electron chi connectivity index (χ4n) is 1.87. The Kier molecular flexibility index (Phi) is 3.35. The van der Waals surface area contributed by atoms with Crippen LogP contribution in [0.25, 0.3) is 11.4 Å². The Hall–Kier alpha value is -2.04. The fourth-order valence-corrected chi connectivity index (χ4v) is 2.70. The summed E-state index contributed by atoms with van der Waals surface area (Å²) in [7, 11) is 0. The molecule has 2 heterocycles. The third kappa shape index (κ3) is 2.54. The second kappa shape index (κ2) is 5.30. The Morgan fingerprint density at radius 1 is 0.947 bits per heavy atom. The minimum Gasteiger partial charge on any atom is -0.318 e. The van der Waals surface area contributed by atoms with E-state index in [1.165, 1.54) is 0 Å². The van der Waals surface area contributed by atoms with Crippen molar-refractivity contribution in [3.05, 3.63) is 70.7 Å². The Morgan fingerprint density at radius 3 is 2.47 bits per heavy atom. The van der Waals surface area contributed by atoms with Gasteiger partial charge in [0.2, 0.25) is 0 Å². The van der Waals surface area contributed by atoms with Gasteiger partial charge in [0.05, 0.1) is 17.4 Å². The van der Waals surface area contributed by atoms with Crippen molar-refractivity contribution in [3.8, 4) is 11.4 Å². The van der Waals surface area contributed by atoms with Crippen LogP contribution >= 0.6 is 11.3 Å². The molecule has 3 nitrogen and oxygen atoms in total. The summed E-state index contributed by atoms with van der Waals surface area (Å²) in [5.41, 5.74) is 9.07. The van der Waals surface area contributed by atoms with Crippen LogP contribution in [0.4, 0.5) is 0 Å². The summed E-state index contributed by atoms with van der Waals surface area (Å²) >= 11 is 1.57. The first-order valence-electron chi connectivity index (χ1n) is 6.02. The Balaban J connectivity index is 1.90. The smallest absolute Gasteiger partial charge is 0.115 e. The van der Waals surface area contributed by atoms with Crippen molar-refractivity contribution in [1.29, 1.82) is 0 Å². The van der Waals surface area contributed by atoms with Crippen molar-refractivity contribution in [2.45, 2.75) is 6.04 Å². The highest BCUT2D eigenvalue weighted by Crippen LogP contribution is 2.26. The lowest BCUT2D eigenvalue weighted by Gasteiger charge is -2.07. The molecule has 0 fully saturated rings. The summed E-state index contributed by atoms with van der Waals surface area (Å²) in [6.07, 6.45) is 1.77. The van der Waals surface area contributed by atoms with Crippen molar-refractivity contribution in [1.82, 2.24) is 9.97 Å². The molecule has 0 saturated heterocycles. The molecule has 1 unspecified atom stereocenters. The SMILES string of the molecule is NC(c1ccccc1)c1nc(-c2ccccn2)cs1. The normalized spacial score (nSPS) is 12.3. The zero-order valence-corrected chi connectivity index (χ0v) is 11.0. The van der Waals surface area contributed by atoms with E-state index in [1.54, 1.807) is 17.5 Å². The van der Waals surface area contributed by atoms with Crippen molar-refractivity contribution < 1.29 is 0 Å². The highest BCUT2D eigenvalue weighted by Gasteiger charge is 2.13. The molecule has 0 bridgehead atoms. The average Bonchev–Trinajstić information content (AvgIpc) is 2.98. The van der Waals surface area contributed by atoms with Gasteiger partial charge in [0, 0.05) is 11.6 Å². The molecule has 1 aromatic carbocycles. The minimum atomic E-state index is -0.177. The highest BCUT2D eigenvalue weighted by molar-refractivity contribution is 7.10. The van der Waals surface area contributed by atoms with Gasteiger partial charge in [0.15, 0.2) is 0 Å². The topological polar surface area (TPSA) is 51.8 Å². The van der Waals surface area contributed by atoms with Crippen molar-refractivity contribution >= 4 is 11.3 Å². The van der Waals surface area contributed by atoms with Crippen LogP contribution in [-0.2, 0) is 0 Å². The number of hydrogen-bond donors (Lipinski definition) is 1. The molecule has 0 saturated carbocycles. The molecule has 0 spiro atoms. The number of hydrogen-bond acceptors (Lipinski definition) is 4. The maximum absolute atomic E-state index is 6.24. The van der Waals surface area contributed by atoms with E-state index in [9.17, 15) is 0 Å². The van der Waals surface area contributed by atoms with E-state index >= 15 is 0 Å². The molecule has 0 radical (unpaired) electrons. The van der Waals surface area contributed by atoms with Crippen LogP contribution < -0.4 is 5.73 Å². The molecule has 0 aliphatic heterocycles. The maximum atomic E-state index is 6.24. The van der Waals surface area contributed by atoms with E-state index in [2.05, 4.69) is 9.97 Å². The summed E-state index contributed by atoms with van der Waals surface area (Å²) in [5.74, 6) is 0. The van der Waals surface area contributed by atoms with Gasteiger partial charge >= 0.3 is 0 Å². The Morgan fingerprint density at radius 2 is 1.74 bits per heavy atom. The molecule has 94 valence electrons. The summed E-state index contributed by atoms with van der Waals surface area (Å²) in [6, 6.07) is 15.6. The van der Waals surface area contributed by atoms with Crippen LogP contribution in [0.5, 0.6) is 0 Å². The van der Waals surface area contributed by atoms with E-state index in [0.717, 1.165) is 22.0 Å². The highest BCUT2D eigenvalue weighted by atomic mass is 32.1. The molecule has 4 heteroatoms. The first-order chi connectivity index (χ1) is 9.34. The van der Waals surface area contributed by atoms with Gasteiger partial charge in [-0.2, -0.15) is 0 Å². The number of benzene rings is 1. The van der Waals surface area contributed by atoms with Gasteiger partial charge in [0.1, 0.15) is 5.01 Å². The van der Waals surface area contributed by atoms with Crippen LogP contribution in [0, 0.1) is 0 Å². The lowest BCUT2D eigenvalue weighted by atomic mass is 10.1. The standard InChI is InChI=1S/C15H13N3S/c16-14(11-6-2-1-3-7-11)15-18-13(10-19-15)12-8-4-5-9-17-12/h1-10,14H,16H2. The van der Waals surface area contributed by atoms with E-state index in [-0.39, 0.29) is 6.04 Å². The second-order valence-corrected chi connectivity index (χ2v) is 5.06. The number of nitrogens with zero attached hydrogens (tertiary/aromatic N) is 2. The van der Waals surface area contributed by atoms with Gasteiger partial charge in [-0.3, -0.25) is 4.98 Å². The number of nitrogens with two attached hydrogens (primary N) is 1. The lowest BCUT2D eigenvalue weighted by molar-refractivity contribution is 0.858. The molecule has 19 heavy (non-hydrogen) atoms. The predicted octanol–water partition coefficient (Wildman–Crippen LogP) is 3.25. The zero-order valence-electron chi connectivity index (χ0n) is 10.2. The first kappa shape index (κ1) is 12.0. The van der Waals surface area contributed by atoms with E-state index < -0.39 is 0 Å². The van der Waals surface area contributed by atoms with Crippen molar-refractivity contribution in [2.75, 3.05) is 0 Å². The molecule has 3 aromatic rings. The average molecular weight is 267 g/mol. The van der Waals surface area contributed by atoms with Gasteiger partial charge in [0.25, 0.3) is 0 Å².